The predicted molar refractivity (Wildman–Crippen MR) is 150 cm³/mol. The molecule has 7 rings (SSSR count). The summed E-state index contributed by atoms with van der Waals surface area (Å²) in [5.41, 5.74) is 5.51. The summed E-state index contributed by atoms with van der Waals surface area (Å²) in [4.78, 5) is 15.2. The average Bonchev–Trinajstić information content (AvgIpc) is 2.89. The van der Waals surface area contributed by atoms with E-state index in [2.05, 4.69) is 76.9 Å². The van der Waals surface area contributed by atoms with Gasteiger partial charge in [0.1, 0.15) is 0 Å². The molecule has 4 saturated carbocycles. The first-order valence-electron chi connectivity index (χ1n) is 14.0. The van der Waals surface area contributed by atoms with Crippen molar-refractivity contribution in [2.75, 3.05) is 16.8 Å². The molecule has 3 aromatic carbocycles. The van der Waals surface area contributed by atoms with Crippen molar-refractivity contribution in [2.24, 2.45) is 17.8 Å². The molecule has 4 bridgehead atoms. The maximum atomic E-state index is 12.8. The highest BCUT2D eigenvalue weighted by molar-refractivity contribution is 5.92. The van der Waals surface area contributed by atoms with Gasteiger partial charge in [-0.3, -0.25) is 0 Å². The summed E-state index contributed by atoms with van der Waals surface area (Å²) in [6.07, 6.45) is 8.08. The number of benzene rings is 3. The normalized spacial score (nSPS) is 25.6. The van der Waals surface area contributed by atoms with Gasteiger partial charge in [0.05, 0.1) is 23.5 Å². The molecule has 0 spiro atoms. The van der Waals surface area contributed by atoms with Gasteiger partial charge in [-0.25, -0.2) is 4.79 Å². The van der Waals surface area contributed by atoms with E-state index in [0.29, 0.717) is 12.2 Å². The Kier molecular flexibility index (Phi) is 6.67. The smallest absolute Gasteiger partial charge is 0.338 e. The van der Waals surface area contributed by atoms with Crippen molar-refractivity contribution in [3.8, 4) is 0 Å². The minimum absolute atomic E-state index is 0.181. The molecule has 3 aromatic rings. The second-order valence-corrected chi connectivity index (χ2v) is 11.6. The highest BCUT2D eigenvalue weighted by atomic mass is 16.5. The van der Waals surface area contributed by atoms with E-state index >= 15 is 0 Å². The van der Waals surface area contributed by atoms with E-state index in [1.165, 1.54) is 49.7 Å². The maximum absolute atomic E-state index is 12.8. The van der Waals surface area contributed by atoms with Crippen LogP contribution in [0.2, 0.25) is 0 Å². The Bertz CT molecular complexity index is 1150. The van der Waals surface area contributed by atoms with Crippen molar-refractivity contribution < 1.29 is 9.53 Å². The highest BCUT2D eigenvalue weighted by Crippen LogP contribution is 2.57. The first-order chi connectivity index (χ1) is 18.1. The molecular weight excluding hydrogens is 456 g/mol. The lowest BCUT2D eigenvalue weighted by Crippen LogP contribution is -2.54. The number of ether oxygens (including phenoxy) is 1. The Labute approximate surface area is 221 Å². The molecule has 0 aliphatic heterocycles. The summed E-state index contributed by atoms with van der Waals surface area (Å²) in [6.45, 7) is 3.76. The van der Waals surface area contributed by atoms with Crippen LogP contribution in [0.1, 0.15) is 66.9 Å². The third kappa shape index (κ3) is 5.25. The fraction of sp³-hybridized carbons (Fsp3) is 0.424. The van der Waals surface area contributed by atoms with Crippen molar-refractivity contribution in [3.63, 3.8) is 0 Å². The van der Waals surface area contributed by atoms with Gasteiger partial charge in [0, 0.05) is 18.6 Å². The van der Waals surface area contributed by atoms with E-state index in [4.69, 9.17) is 4.74 Å². The number of nitrogens with zero attached hydrogens (tertiary/aromatic N) is 1. The molecule has 0 saturated heterocycles. The Morgan fingerprint density at radius 2 is 1.38 bits per heavy atom. The maximum Gasteiger partial charge on any atom is 0.338 e. The number of esters is 1. The van der Waals surface area contributed by atoms with Crippen LogP contribution >= 0.6 is 0 Å². The Morgan fingerprint density at radius 3 is 1.89 bits per heavy atom. The van der Waals surface area contributed by atoms with Crippen molar-refractivity contribution in [2.45, 2.75) is 64.1 Å². The third-order valence-corrected chi connectivity index (χ3v) is 8.72. The number of nitrogens with one attached hydrogen (secondary N) is 1. The van der Waals surface area contributed by atoms with Crippen LogP contribution in [0.15, 0.2) is 78.9 Å². The lowest BCUT2D eigenvalue weighted by molar-refractivity contribution is 0.0107. The van der Waals surface area contributed by atoms with E-state index < -0.39 is 0 Å². The number of hydrogen-bond donors (Lipinski definition) is 1. The van der Waals surface area contributed by atoms with E-state index in [1.54, 1.807) is 0 Å². The van der Waals surface area contributed by atoms with Crippen LogP contribution in [-0.4, -0.2) is 18.1 Å². The molecule has 0 heterocycles. The molecule has 4 aliphatic rings. The lowest BCUT2D eigenvalue weighted by Gasteiger charge is -2.57. The van der Waals surface area contributed by atoms with E-state index in [9.17, 15) is 4.79 Å². The molecule has 4 aliphatic carbocycles. The van der Waals surface area contributed by atoms with Gasteiger partial charge < -0.3 is 15.0 Å². The van der Waals surface area contributed by atoms with Crippen LogP contribution in [0.25, 0.3) is 0 Å². The number of carbonyl (C=O) groups excluding carboxylic acids is 1. The van der Waals surface area contributed by atoms with Gasteiger partial charge in [0.25, 0.3) is 0 Å². The molecule has 192 valence electrons. The Morgan fingerprint density at radius 1 is 0.838 bits per heavy atom. The van der Waals surface area contributed by atoms with Gasteiger partial charge in [0.15, 0.2) is 0 Å². The summed E-state index contributed by atoms with van der Waals surface area (Å²) < 4.78 is 5.40. The van der Waals surface area contributed by atoms with Gasteiger partial charge in [0.2, 0.25) is 0 Å². The minimum atomic E-state index is -0.260. The average molecular weight is 495 g/mol. The van der Waals surface area contributed by atoms with Crippen molar-refractivity contribution in [3.05, 3.63) is 95.6 Å². The molecule has 4 heteroatoms. The molecule has 0 unspecified atom stereocenters. The van der Waals surface area contributed by atoms with Crippen molar-refractivity contribution in [1.82, 2.24) is 0 Å². The second-order valence-electron chi connectivity index (χ2n) is 11.6. The summed E-state index contributed by atoms with van der Waals surface area (Å²) in [7, 11) is 0. The van der Waals surface area contributed by atoms with Crippen molar-refractivity contribution >= 4 is 17.3 Å². The minimum Gasteiger partial charge on any atom is -0.462 e. The van der Waals surface area contributed by atoms with Gasteiger partial charge in [-0.15, -0.1) is 0 Å². The SMILES string of the molecule is CCOC(=O)c1ccc(NC23CC4CC(CC(C4)C2)C3)c(N(Cc2ccccc2)Cc2ccccc2)c1. The monoisotopic (exact) mass is 494 g/mol. The molecule has 0 radical (unpaired) electrons. The number of carbonyl (C=O) groups is 1. The highest BCUT2D eigenvalue weighted by Gasteiger charge is 2.51. The molecular formula is C33H38N2O2. The van der Waals surface area contributed by atoms with Crippen LogP contribution in [0.4, 0.5) is 11.4 Å². The van der Waals surface area contributed by atoms with Gasteiger partial charge >= 0.3 is 5.97 Å². The summed E-state index contributed by atoms with van der Waals surface area (Å²) in [5.74, 6) is 2.34. The Balaban J connectivity index is 1.39. The molecule has 4 nitrogen and oxygen atoms in total. The first kappa shape index (κ1) is 24.1. The molecule has 37 heavy (non-hydrogen) atoms. The molecule has 0 aromatic heterocycles. The van der Waals surface area contributed by atoms with E-state index in [1.807, 2.05) is 19.1 Å². The van der Waals surface area contributed by atoms with E-state index in [0.717, 1.165) is 42.2 Å². The topological polar surface area (TPSA) is 41.6 Å². The zero-order valence-corrected chi connectivity index (χ0v) is 21.9. The van der Waals surface area contributed by atoms with Crippen LogP contribution in [0, 0.1) is 17.8 Å². The van der Waals surface area contributed by atoms with Crippen LogP contribution in [-0.2, 0) is 17.8 Å². The second kappa shape index (κ2) is 10.2. The quantitative estimate of drug-likeness (QED) is 0.314. The largest absolute Gasteiger partial charge is 0.462 e. The fourth-order valence-electron chi connectivity index (χ4n) is 7.62. The molecule has 0 amide bonds. The fourth-order valence-corrected chi connectivity index (χ4v) is 7.62. The van der Waals surface area contributed by atoms with Crippen LogP contribution < -0.4 is 10.2 Å². The van der Waals surface area contributed by atoms with Crippen molar-refractivity contribution in [1.29, 1.82) is 0 Å². The lowest BCUT2D eigenvalue weighted by atomic mass is 9.53. The zero-order chi connectivity index (χ0) is 25.2. The van der Waals surface area contributed by atoms with Gasteiger partial charge in [-0.05, 0) is 92.5 Å². The molecule has 4 fully saturated rings. The predicted octanol–water partition coefficient (Wildman–Crippen LogP) is 7.45. The van der Waals surface area contributed by atoms with E-state index in [-0.39, 0.29) is 11.5 Å². The Hall–Kier alpha value is -3.27. The summed E-state index contributed by atoms with van der Waals surface area (Å²) >= 11 is 0. The number of anilines is 2. The standard InChI is InChI=1S/C33H38N2O2/c1-2-37-32(36)29-13-14-30(34-33-19-26-15-27(20-33)17-28(16-26)21-33)31(18-29)35(22-24-9-5-3-6-10-24)23-25-11-7-4-8-12-25/h3-14,18,26-28,34H,2,15-17,19-23H2,1H3. The molecule has 0 atom stereocenters. The first-order valence-corrected chi connectivity index (χ1v) is 14.0. The summed E-state index contributed by atoms with van der Waals surface area (Å²) in [5, 5.41) is 4.11. The number of rotatable bonds is 9. The summed E-state index contributed by atoms with van der Waals surface area (Å²) in [6, 6.07) is 27.3. The van der Waals surface area contributed by atoms with Gasteiger partial charge in [-0.2, -0.15) is 0 Å². The van der Waals surface area contributed by atoms with Crippen LogP contribution in [0.5, 0.6) is 0 Å². The van der Waals surface area contributed by atoms with Crippen LogP contribution in [0.3, 0.4) is 0 Å². The number of hydrogen-bond acceptors (Lipinski definition) is 4. The zero-order valence-electron chi connectivity index (χ0n) is 21.9. The van der Waals surface area contributed by atoms with Gasteiger partial charge in [-0.1, -0.05) is 60.7 Å². The molecule has 1 N–H and O–H groups in total. The third-order valence-electron chi connectivity index (χ3n) is 8.72.